The fourth-order valence-corrected chi connectivity index (χ4v) is 5.09. The van der Waals surface area contributed by atoms with Gasteiger partial charge in [0.1, 0.15) is 5.75 Å². The minimum atomic E-state index is -4.93. The molecule has 2 aliphatic heterocycles. The number of piperidine rings is 1. The first-order valence-corrected chi connectivity index (χ1v) is 10.7. The van der Waals surface area contributed by atoms with Crippen molar-refractivity contribution in [3.05, 3.63) is 52.3 Å². The number of rotatable bonds is 2. The van der Waals surface area contributed by atoms with Crippen molar-refractivity contribution in [2.24, 2.45) is 0 Å². The highest BCUT2D eigenvalue weighted by Crippen LogP contribution is 2.44. The average Bonchev–Trinajstić information content (AvgIpc) is 3.17. The molecule has 32 heavy (non-hydrogen) atoms. The van der Waals surface area contributed by atoms with Crippen molar-refractivity contribution in [2.45, 2.75) is 44.1 Å². The summed E-state index contributed by atoms with van der Waals surface area (Å²) in [6.07, 6.45) is -3.92. The van der Waals surface area contributed by atoms with Crippen LogP contribution in [0.2, 0.25) is 5.02 Å². The summed E-state index contributed by atoms with van der Waals surface area (Å²) in [4.78, 5) is 28.7. The lowest BCUT2D eigenvalue weighted by Gasteiger charge is -2.53. The molecule has 2 aromatic rings. The highest BCUT2D eigenvalue weighted by Gasteiger charge is 2.49. The molecule has 1 amide bonds. The summed E-state index contributed by atoms with van der Waals surface area (Å²) in [6.45, 7) is 2.99. The van der Waals surface area contributed by atoms with Crippen molar-refractivity contribution in [3.63, 3.8) is 0 Å². The van der Waals surface area contributed by atoms with Crippen LogP contribution in [0.1, 0.15) is 46.3 Å². The van der Waals surface area contributed by atoms with Crippen LogP contribution < -0.4 is 0 Å². The Hall–Kier alpha value is -2.52. The maximum atomic E-state index is 13.1. The molecule has 3 heterocycles. The van der Waals surface area contributed by atoms with Crippen LogP contribution in [0, 0.1) is 0 Å². The van der Waals surface area contributed by atoms with Gasteiger partial charge in [0.05, 0.1) is 16.3 Å². The standard InChI is InChI=1S/C22H23ClF3N3O3/c1-13-12-29-16(19(31)22(24,25)26)4-6-18(29)21(27(13)2)7-9-28(10-8-21)20(32)14-3-5-17(30)15(23)11-14/h3-6,11,13,30H,7-10,12H2,1-2H3/t13-/m0/s1. The van der Waals surface area contributed by atoms with Crippen LogP contribution >= 0.6 is 11.6 Å². The maximum absolute atomic E-state index is 13.1. The van der Waals surface area contributed by atoms with Gasteiger partial charge in [0.2, 0.25) is 0 Å². The molecule has 0 bridgehead atoms. The molecule has 1 spiro atoms. The number of phenolic OH excluding ortho intramolecular Hbond substituents is 1. The van der Waals surface area contributed by atoms with Gasteiger partial charge in [0.25, 0.3) is 11.7 Å². The van der Waals surface area contributed by atoms with Gasteiger partial charge in [-0.2, -0.15) is 13.2 Å². The number of aromatic hydroxyl groups is 1. The summed E-state index contributed by atoms with van der Waals surface area (Å²) >= 11 is 5.93. The lowest BCUT2D eigenvalue weighted by Crippen LogP contribution is -2.59. The maximum Gasteiger partial charge on any atom is 0.456 e. The molecule has 1 aromatic heterocycles. The van der Waals surface area contributed by atoms with Gasteiger partial charge >= 0.3 is 6.18 Å². The third-order valence-electron chi connectivity index (χ3n) is 6.80. The zero-order valence-corrected chi connectivity index (χ0v) is 18.4. The van der Waals surface area contributed by atoms with Gasteiger partial charge in [-0.1, -0.05) is 11.6 Å². The number of carbonyl (C=O) groups is 2. The van der Waals surface area contributed by atoms with Crippen molar-refractivity contribution in [1.82, 2.24) is 14.4 Å². The Balaban J connectivity index is 1.62. The van der Waals surface area contributed by atoms with Gasteiger partial charge in [0.15, 0.2) is 0 Å². The molecule has 1 N–H and O–H groups in total. The number of hydrogen-bond acceptors (Lipinski definition) is 4. The fraction of sp³-hybridized carbons (Fsp3) is 0.455. The number of carbonyl (C=O) groups excluding carboxylic acids is 2. The highest BCUT2D eigenvalue weighted by molar-refractivity contribution is 6.32. The Morgan fingerprint density at radius 1 is 1.16 bits per heavy atom. The van der Waals surface area contributed by atoms with Crippen molar-refractivity contribution in [1.29, 1.82) is 0 Å². The molecular weight excluding hydrogens is 447 g/mol. The number of amides is 1. The van der Waals surface area contributed by atoms with Gasteiger partial charge in [-0.15, -0.1) is 0 Å². The van der Waals surface area contributed by atoms with Gasteiger partial charge in [-0.05, 0) is 57.1 Å². The molecule has 1 atom stereocenters. The average molecular weight is 470 g/mol. The minimum absolute atomic E-state index is 0.0878. The lowest BCUT2D eigenvalue weighted by molar-refractivity contribution is -0.0894. The molecule has 1 fully saturated rings. The number of hydrogen-bond donors (Lipinski definition) is 1. The smallest absolute Gasteiger partial charge is 0.456 e. The number of phenols is 1. The molecule has 2 aliphatic rings. The van der Waals surface area contributed by atoms with Crippen LogP contribution in [0.25, 0.3) is 0 Å². The van der Waals surface area contributed by atoms with Crippen molar-refractivity contribution in [3.8, 4) is 5.75 Å². The summed E-state index contributed by atoms with van der Waals surface area (Å²) in [7, 11) is 1.93. The summed E-state index contributed by atoms with van der Waals surface area (Å²) in [5, 5.41) is 9.67. The van der Waals surface area contributed by atoms with Crippen molar-refractivity contribution < 1.29 is 27.9 Å². The van der Waals surface area contributed by atoms with E-state index in [0.717, 1.165) is 0 Å². The van der Waals surface area contributed by atoms with E-state index in [9.17, 15) is 27.9 Å². The van der Waals surface area contributed by atoms with Gasteiger partial charge in [-0.3, -0.25) is 14.5 Å². The molecule has 0 aliphatic carbocycles. The van der Waals surface area contributed by atoms with E-state index in [4.69, 9.17) is 11.6 Å². The molecule has 1 saturated heterocycles. The SMILES string of the molecule is C[C@H]1Cn2c(C(=O)C(F)(F)F)ccc2C2(CCN(C(=O)c3ccc(O)c(Cl)c3)CC2)N1C. The Bertz CT molecular complexity index is 1070. The Morgan fingerprint density at radius 3 is 2.41 bits per heavy atom. The van der Waals surface area contributed by atoms with Crippen LogP contribution in [0.3, 0.4) is 0 Å². The number of halogens is 4. The number of nitrogens with zero attached hydrogens (tertiary/aromatic N) is 3. The van der Waals surface area contributed by atoms with Gasteiger partial charge < -0.3 is 14.6 Å². The summed E-state index contributed by atoms with van der Waals surface area (Å²) in [5.41, 5.74) is 0.107. The second-order valence-electron chi connectivity index (χ2n) is 8.49. The van der Waals surface area contributed by atoms with E-state index in [-0.39, 0.29) is 35.0 Å². The molecule has 4 rings (SSSR count). The first kappa shape index (κ1) is 22.7. The Labute approximate surface area is 188 Å². The number of fused-ring (bicyclic) bond motifs is 2. The molecule has 0 unspecified atom stereocenters. The quantitative estimate of drug-likeness (QED) is 0.674. The van der Waals surface area contributed by atoms with E-state index < -0.39 is 17.5 Å². The normalized spacial score (nSPS) is 20.9. The predicted octanol–water partition coefficient (Wildman–Crippen LogP) is 4.06. The number of aromatic nitrogens is 1. The Kier molecular flexibility index (Phi) is 5.53. The third kappa shape index (κ3) is 3.57. The molecule has 0 radical (unpaired) electrons. The number of benzene rings is 1. The largest absolute Gasteiger partial charge is 0.506 e. The molecular formula is C22H23ClF3N3O3. The van der Waals surface area contributed by atoms with Crippen molar-refractivity contribution in [2.75, 3.05) is 20.1 Å². The van der Waals surface area contributed by atoms with Crippen LogP contribution in [0.15, 0.2) is 30.3 Å². The fourth-order valence-electron chi connectivity index (χ4n) is 4.91. The monoisotopic (exact) mass is 469 g/mol. The van der Waals surface area contributed by atoms with E-state index in [1.54, 1.807) is 11.0 Å². The summed E-state index contributed by atoms with van der Waals surface area (Å²) in [6, 6.07) is 7.06. The summed E-state index contributed by atoms with van der Waals surface area (Å²) in [5.74, 6) is -2.17. The first-order chi connectivity index (χ1) is 15.0. The summed E-state index contributed by atoms with van der Waals surface area (Å²) < 4.78 is 40.8. The van der Waals surface area contributed by atoms with Crippen LogP contribution in [-0.2, 0) is 12.1 Å². The van der Waals surface area contributed by atoms with Gasteiger partial charge in [0, 0.05) is 36.9 Å². The van der Waals surface area contributed by atoms with E-state index in [2.05, 4.69) is 4.90 Å². The molecule has 1 aromatic carbocycles. The van der Waals surface area contributed by atoms with Crippen molar-refractivity contribution >= 4 is 23.3 Å². The number of Topliss-reactive ketones (excluding diaryl/α,β-unsaturated/α-hetero) is 1. The molecule has 10 heteroatoms. The second-order valence-corrected chi connectivity index (χ2v) is 8.90. The van der Waals surface area contributed by atoms with E-state index in [1.165, 1.54) is 28.8 Å². The molecule has 0 saturated carbocycles. The zero-order valence-electron chi connectivity index (χ0n) is 17.6. The predicted molar refractivity (Wildman–Crippen MR) is 112 cm³/mol. The second kappa shape index (κ2) is 7.81. The molecule has 172 valence electrons. The van der Waals surface area contributed by atoms with E-state index >= 15 is 0 Å². The number of likely N-dealkylation sites (N-methyl/N-ethyl adjacent to an activating group) is 1. The number of ketones is 1. The van der Waals surface area contributed by atoms with Crippen LogP contribution in [0.4, 0.5) is 13.2 Å². The minimum Gasteiger partial charge on any atom is -0.506 e. The van der Waals surface area contributed by atoms with E-state index in [1.807, 2.05) is 14.0 Å². The lowest BCUT2D eigenvalue weighted by atomic mass is 9.80. The third-order valence-corrected chi connectivity index (χ3v) is 7.11. The van der Waals surface area contributed by atoms with Crippen LogP contribution in [0.5, 0.6) is 5.75 Å². The first-order valence-electron chi connectivity index (χ1n) is 10.3. The number of alkyl halides is 3. The van der Waals surface area contributed by atoms with Gasteiger partial charge in [-0.25, -0.2) is 0 Å². The van der Waals surface area contributed by atoms with Crippen LogP contribution in [-0.4, -0.2) is 63.5 Å². The zero-order chi connectivity index (χ0) is 23.4. The number of likely N-dealkylation sites (tertiary alicyclic amines) is 1. The molecule has 6 nitrogen and oxygen atoms in total. The highest BCUT2D eigenvalue weighted by atomic mass is 35.5. The Morgan fingerprint density at radius 2 is 1.81 bits per heavy atom. The van der Waals surface area contributed by atoms with E-state index in [0.29, 0.717) is 37.2 Å². The topological polar surface area (TPSA) is 65.8 Å².